The Labute approximate surface area is 54.4 Å². The molecule has 3 N–H and O–H groups in total. The number of rotatable bonds is 0. The largest absolute Gasteiger partial charge is 0.481 e. The molecular weight excluding hydrogens is 117 g/mol. The molecule has 0 rings (SSSR count). The van der Waals surface area contributed by atoms with E-state index in [1.165, 1.54) is 0 Å². The number of aliphatic carboxylic acids is 1. The molecule has 0 fully saturated rings. The third-order valence-electron chi connectivity index (χ3n) is 0. The fraction of sp³-hybridized carbons (Fsp3) is 0.500. The van der Waals surface area contributed by atoms with Gasteiger partial charge in [0.15, 0.2) is 0 Å². The Morgan fingerprint density at radius 3 is 1.67 bits per heavy atom. The Kier molecular flexibility index (Phi) is 24.4. The molecule has 0 aliphatic carbocycles. The Hall–Kier alpha value is 0.300. The Bertz CT molecular complexity index is 31.8. The predicted octanol–water partition coefficient (Wildman–Crippen LogP) is -0.736. The van der Waals surface area contributed by atoms with Crippen LogP contribution in [0.25, 0.3) is 0 Å². The molecule has 6 heavy (non-hydrogen) atoms. The maximum atomic E-state index is 9.00. The van der Waals surface area contributed by atoms with Crippen LogP contribution < -0.4 is 0 Å². The number of carboxylic acids is 1. The topological polar surface area (TPSA) is 68.8 Å². The van der Waals surface area contributed by atoms with Gasteiger partial charge in [-0.25, -0.2) is 0 Å². The van der Waals surface area contributed by atoms with Crippen LogP contribution in [0.5, 0.6) is 0 Å². The molecule has 0 aliphatic rings. The molecule has 0 spiro atoms. The Morgan fingerprint density at radius 1 is 1.67 bits per heavy atom. The second-order valence-corrected chi connectivity index (χ2v) is 0.519. The maximum absolute atomic E-state index is 9.00. The first-order valence-electron chi connectivity index (χ1n) is 0.928. The van der Waals surface area contributed by atoms with Crippen molar-refractivity contribution in [1.29, 1.82) is 0 Å². The summed E-state index contributed by atoms with van der Waals surface area (Å²) in [7, 11) is 0. The molecule has 0 unspecified atom stereocenters. The number of hydrogen-bond acceptors (Lipinski definition) is 1. The zero-order chi connectivity index (χ0) is 3.58. The molecule has 4 heteroatoms. The molecule has 0 aliphatic heterocycles. The summed E-state index contributed by atoms with van der Waals surface area (Å²) in [5.41, 5.74) is 0. The van der Waals surface area contributed by atoms with Crippen LogP contribution in [0.15, 0.2) is 0 Å². The minimum absolute atomic E-state index is 0. The Morgan fingerprint density at radius 2 is 1.67 bits per heavy atom. The van der Waals surface area contributed by atoms with Crippen molar-refractivity contribution in [2.45, 2.75) is 6.92 Å². The second kappa shape index (κ2) is 9.00. The molecule has 0 atom stereocenters. The molecule has 0 aromatic carbocycles. The van der Waals surface area contributed by atoms with Crippen LogP contribution in [-0.4, -0.2) is 16.6 Å². The summed E-state index contributed by atoms with van der Waals surface area (Å²) in [5.74, 6) is -0.833. The van der Waals surface area contributed by atoms with E-state index < -0.39 is 5.97 Å². The number of hydrogen-bond donors (Lipinski definition) is 1. The second-order valence-electron chi connectivity index (χ2n) is 0.519. The molecule has 1 radical (unpaired) electrons. The first-order chi connectivity index (χ1) is 1.73. The first-order valence-corrected chi connectivity index (χ1v) is 0.928. The summed E-state index contributed by atoms with van der Waals surface area (Å²) in [6.45, 7) is 1.08. The molecule has 0 amide bonds. The fourth-order valence-corrected chi connectivity index (χ4v) is 0. The zero-order valence-corrected chi connectivity index (χ0v) is 5.24. The van der Waals surface area contributed by atoms with Gasteiger partial charge in [0.1, 0.15) is 0 Å². The standard InChI is InChI=1S/C2H4O2.H2O.Sc/c1-2(3)4;;/h1H3,(H,3,4);1H2;. The summed E-state index contributed by atoms with van der Waals surface area (Å²) in [4.78, 5) is 9.00. The first kappa shape index (κ1) is 16.3. The summed E-state index contributed by atoms with van der Waals surface area (Å²) in [6.07, 6.45) is 0. The average Bonchev–Trinajstić information content (AvgIpc) is 0.811. The van der Waals surface area contributed by atoms with Gasteiger partial charge in [-0.05, 0) is 0 Å². The van der Waals surface area contributed by atoms with E-state index in [1.54, 1.807) is 0 Å². The Balaban J connectivity index is -0.0000000450. The average molecular weight is 123 g/mol. The van der Waals surface area contributed by atoms with E-state index >= 15 is 0 Å². The van der Waals surface area contributed by atoms with Crippen LogP contribution in [0, 0.1) is 0 Å². The smallest absolute Gasteiger partial charge is 0.300 e. The molecular formula is C2H6O3Sc. The minimum atomic E-state index is -0.833. The van der Waals surface area contributed by atoms with Gasteiger partial charge in [-0.2, -0.15) is 0 Å². The van der Waals surface area contributed by atoms with E-state index in [1.807, 2.05) is 0 Å². The predicted molar refractivity (Wildman–Crippen MR) is 16.9 cm³/mol. The molecule has 0 bridgehead atoms. The van der Waals surface area contributed by atoms with Gasteiger partial charge in [0.25, 0.3) is 5.97 Å². The van der Waals surface area contributed by atoms with Crippen molar-refractivity contribution >= 4 is 5.97 Å². The molecule has 35 valence electrons. The van der Waals surface area contributed by atoms with Crippen molar-refractivity contribution in [3.8, 4) is 0 Å². The van der Waals surface area contributed by atoms with Gasteiger partial charge in [0.2, 0.25) is 0 Å². The van der Waals surface area contributed by atoms with E-state index in [-0.39, 0.29) is 31.3 Å². The third kappa shape index (κ3) is 520. The van der Waals surface area contributed by atoms with Crippen LogP contribution >= 0.6 is 0 Å². The van der Waals surface area contributed by atoms with E-state index in [0.717, 1.165) is 6.92 Å². The van der Waals surface area contributed by atoms with Crippen molar-refractivity contribution in [2.24, 2.45) is 0 Å². The van der Waals surface area contributed by atoms with Gasteiger partial charge in [-0.15, -0.1) is 0 Å². The van der Waals surface area contributed by atoms with Gasteiger partial charge in [-0.3, -0.25) is 4.79 Å². The molecule has 3 nitrogen and oxygen atoms in total. The molecule has 0 aromatic heterocycles. The molecule has 0 saturated carbocycles. The molecule has 0 saturated heterocycles. The van der Waals surface area contributed by atoms with Crippen LogP contribution in [0.2, 0.25) is 0 Å². The van der Waals surface area contributed by atoms with Crippen LogP contribution in [0.1, 0.15) is 6.92 Å². The van der Waals surface area contributed by atoms with Crippen LogP contribution in [0.4, 0.5) is 0 Å². The van der Waals surface area contributed by atoms with Crippen molar-refractivity contribution in [3.63, 3.8) is 0 Å². The maximum Gasteiger partial charge on any atom is 0.300 e. The normalized spacial score (nSPS) is 4.17. The fourth-order valence-electron chi connectivity index (χ4n) is 0. The van der Waals surface area contributed by atoms with Crippen LogP contribution in [0.3, 0.4) is 0 Å². The van der Waals surface area contributed by atoms with Gasteiger partial charge in [0, 0.05) is 32.8 Å². The van der Waals surface area contributed by atoms with E-state index in [4.69, 9.17) is 9.90 Å². The van der Waals surface area contributed by atoms with Crippen molar-refractivity contribution in [3.05, 3.63) is 0 Å². The van der Waals surface area contributed by atoms with Crippen molar-refractivity contribution in [2.75, 3.05) is 0 Å². The number of carbonyl (C=O) groups is 1. The van der Waals surface area contributed by atoms with Gasteiger partial charge in [0.05, 0.1) is 0 Å². The summed E-state index contributed by atoms with van der Waals surface area (Å²) >= 11 is 0. The third-order valence-corrected chi connectivity index (χ3v) is 0. The van der Waals surface area contributed by atoms with Crippen molar-refractivity contribution < 1.29 is 41.2 Å². The number of carboxylic acid groups (broad SMARTS) is 1. The van der Waals surface area contributed by atoms with Crippen molar-refractivity contribution in [1.82, 2.24) is 0 Å². The zero-order valence-electron chi connectivity index (χ0n) is 3.43. The summed E-state index contributed by atoms with van der Waals surface area (Å²) < 4.78 is 0. The molecule has 0 heterocycles. The SMILES string of the molecule is CC(=O)O.O.[Sc]. The van der Waals surface area contributed by atoms with Crippen LogP contribution in [-0.2, 0) is 30.6 Å². The van der Waals surface area contributed by atoms with E-state index in [9.17, 15) is 0 Å². The summed E-state index contributed by atoms with van der Waals surface area (Å²) in [6, 6.07) is 0. The molecule has 0 aromatic rings. The van der Waals surface area contributed by atoms with Gasteiger partial charge < -0.3 is 10.6 Å². The van der Waals surface area contributed by atoms with E-state index in [2.05, 4.69) is 0 Å². The van der Waals surface area contributed by atoms with E-state index in [0.29, 0.717) is 0 Å². The summed E-state index contributed by atoms with van der Waals surface area (Å²) in [5, 5.41) is 7.42. The quantitative estimate of drug-likeness (QED) is 0.461. The monoisotopic (exact) mass is 123 g/mol. The minimum Gasteiger partial charge on any atom is -0.481 e. The van der Waals surface area contributed by atoms with Gasteiger partial charge >= 0.3 is 0 Å². The van der Waals surface area contributed by atoms with Gasteiger partial charge in [-0.1, -0.05) is 0 Å².